The van der Waals surface area contributed by atoms with Crippen LogP contribution < -0.4 is 10.1 Å². The van der Waals surface area contributed by atoms with Gasteiger partial charge in [0.05, 0.1) is 12.1 Å². The molecule has 1 heterocycles. The highest BCUT2D eigenvalue weighted by Crippen LogP contribution is 2.27. The summed E-state index contributed by atoms with van der Waals surface area (Å²) in [6.07, 6.45) is 0. The summed E-state index contributed by atoms with van der Waals surface area (Å²) >= 11 is 0. The zero-order chi connectivity index (χ0) is 27.3. The average molecular weight is 514 g/mol. The minimum Gasteiger partial charge on any atom is -0.494 e. The first-order valence-corrected chi connectivity index (χ1v) is 12.8. The summed E-state index contributed by atoms with van der Waals surface area (Å²) in [5.41, 5.74) is 3.72. The van der Waals surface area contributed by atoms with Gasteiger partial charge >= 0.3 is 0 Å². The molecule has 1 N–H and O–H groups in total. The minimum atomic E-state index is -0.867. The van der Waals surface area contributed by atoms with Crippen LogP contribution >= 0.6 is 0 Å². The topological polar surface area (TPSA) is 89.4 Å². The summed E-state index contributed by atoms with van der Waals surface area (Å²) in [6.45, 7) is 10.4. The Hall–Kier alpha value is -4.20. The van der Waals surface area contributed by atoms with E-state index < -0.39 is 11.6 Å². The Morgan fingerprint density at radius 2 is 1.68 bits per heavy atom. The lowest BCUT2D eigenvalue weighted by Gasteiger charge is -2.34. The van der Waals surface area contributed by atoms with E-state index >= 15 is 0 Å². The number of carbonyl (C=O) groups is 2. The van der Waals surface area contributed by atoms with Crippen LogP contribution in [-0.4, -0.2) is 43.9 Å². The number of fused-ring (bicyclic) bond motifs is 1. The number of ether oxygens (including phenoxy) is 1. The predicted molar refractivity (Wildman–Crippen MR) is 148 cm³/mol. The predicted octanol–water partition coefficient (Wildman–Crippen LogP) is 4.82. The lowest BCUT2D eigenvalue weighted by molar-refractivity contribution is -0.142. The number of hydrogen-bond acceptors (Lipinski definition) is 5. The van der Waals surface area contributed by atoms with E-state index in [1.54, 1.807) is 9.58 Å². The SMILES string of the molecule is CCOc1ccc([C@H](C(=O)NC(C)(C)C)N(Cc2ccc(C)cc2)C(=O)Cn2nnc3ccccc32)cc1. The van der Waals surface area contributed by atoms with Crippen LogP contribution in [0, 0.1) is 6.92 Å². The molecule has 8 nitrogen and oxygen atoms in total. The van der Waals surface area contributed by atoms with E-state index in [-0.39, 0.29) is 24.9 Å². The third kappa shape index (κ3) is 6.56. The van der Waals surface area contributed by atoms with Crippen LogP contribution in [0.25, 0.3) is 11.0 Å². The highest BCUT2D eigenvalue weighted by molar-refractivity contribution is 5.89. The first-order chi connectivity index (χ1) is 18.1. The molecule has 1 atom stereocenters. The lowest BCUT2D eigenvalue weighted by atomic mass is 10.0. The van der Waals surface area contributed by atoms with Gasteiger partial charge < -0.3 is 15.0 Å². The van der Waals surface area contributed by atoms with E-state index in [0.717, 1.165) is 16.6 Å². The summed E-state index contributed by atoms with van der Waals surface area (Å²) in [5.74, 6) is 0.200. The number of aryl methyl sites for hydroxylation is 1. The fourth-order valence-electron chi connectivity index (χ4n) is 4.29. The summed E-state index contributed by atoms with van der Waals surface area (Å²) in [4.78, 5) is 29.4. The van der Waals surface area contributed by atoms with E-state index in [2.05, 4.69) is 15.6 Å². The number of rotatable bonds is 9. The van der Waals surface area contributed by atoms with Gasteiger partial charge in [-0.2, -0.15) is 0 Å². The number of nitrogens with one attached hydrogen (secondary N) is 1. The Morgan fingerprint density at radius 1 is 1.00 bits per heavy atom. The van der Waals surface area contributed by atoms with Gasteiger partial charge in [0.25, 0.3) is 0 Å². The number of benzene rings is 3. The Kier molecular flexibility index (Phi) is 8.10. The maximum atomic E-state index is 14.0. The summed E-state index contributed by atoms with van der Waals surface area (Å²) < 4.78 is 7.19. The smallest absolute Gasteiger partial charge is 0.247 e. The number of nitrogens with zero attached hydrogens (tertiary/aromatic N) is 4. The van der Waals surface area contributed by atoms with Gasteiger partial charge in [0.2, 0.25) is 11.8 Å². The Bertz CT molecular complexity index is 1390. The second-order valence-corrected chi connectivity index (χ2v) is 10.4. The molecule has 0 fully saturated rings. The molecular formula is C30H35N5O3. The molecule has 4 aromatic rings. The van der Waals surface area contributed by atoms with Crippen molar-refractivity contribution >= 4 is 22.8 Å². The van der Waals surface area contributed by atoms with Gasteiger partial charge in [0, 0.05) is 12.1 Å². The third-order valence-electron chi connectivity index (χ3n) is 6.06. The number of para-hydroxylation sites is 1. The number of amides is 2. The first-order valence-electron chi connectivity index (χ1n) is 12.8. The van der Waals surface area contributed by atoms with Gasteiger partial charge in [-0.1, -0.05) is 59.3 Å². The standard InChI is InChI=1S/C30H35N5O3/c1-6-38-24-17-15-23(16-18-24)28(29(37)31-30(3,4)5)34(19-22-13-11-21(2)12-14-22)27(36)20-35-26-10-8-7-9-25(26)32-33-35/h7-18,28H,6,19-20H2,1-5H3,(H,31,37)/t28-/m1/s1. The maximum Gasteiger partial charge on any atom is 0.247 e. The van der Waals surface area contributed by atoms with Crippen LogP contribution in [0.15, 0.2) is 72.8 Å². The molecular weight excluding hydrogens is 478 g/mol. The molecule has 38 heavy (non-hydrogen) atoms. The Balaban J connectivity index is 1.76. The van der Waals surface area contributed by atoms with Crippen LogP contribution in [0.4, 0.5) is 0 Å². The van der Waals surface area contributed by atoms with Crippen molar-refractivity contribution in [3.8, 4) is 5.75 Å². The summed E-state index contributed by atoms with van der Waals surface area (Å²) in [6, 6.07) is 22.0. The normalized spacial score (nSPS) is 12.2. The van der Waals surface area contributed by atoms with Gasteiger partial charge in [0.1, 0.15) is 23.9 Å². The Morgan fingerprint density at radius 3 is 2.34 bits per heavy atom. The van der Waals surface area contributed by atoms with E-state index in [0.29, 0.717) is 23.4 Å². The quantitative estimate of drug-likeness (QED) is 0.347. The number of hydrogen-bond donors (Lipinski definition) is 1. The Labute approximate surface area is 223 Å². The van der Waals surface area contributed by atoms with Gasteiger partial charge in [-0.05, 0) is 70.0 Å². The van der Waals surface area contributed by atoms with Crippen LogP contribution in [0.2, 0.25) is 0 Å². The van der Waals surface area contributed by atoms with Crippen molar-refractivity contribution in [2.75, 3.05) is 6.61 Å². The molecule has 2 amide bonds. The second-order valence-electron chi connectivity index (χ2n) is 10.4. The fraction of sp³-hybridized carbons (Fsp3) is 0.333. The van der Waals surface area contributed by atoms with E-state index in [9.17, 15) is 9.59 Å². The fourth-order valence-corrected chi connectivity index (χ4v) is 4.29. The second kappa shape index (κ2) is 11.5. The van der Waals surface area contributed by atoms with E-state index in [1.807, 2.05) is 107 Å². The van der Waals surface area contributed by atoms with Crippen molar-refractivity contribution < 1.29 is 14.3 Å². The largest absolute Gasteiger partial charge is 0.494 e. The maximum absolute atomic E-state index is 14.0. The lowest BCUT2D eigenvalue weighted by Crippen LogP contribution is -2.49. The van der Waals surface area contributed by atoms with Crippen molar-refractivity contribution in [3.63, 3.8) is 0 Å². The molecule has 198 valence electrons. The van der Waals surface area contributed by atoms with E-state index in [4.69, 9.17) is 4.74 Å². The van der Waals surface area contributed by atoms with Gasteiger partial charge in [-0.25, -0.2) is 4.68 Å². The van der Waals surface area contributed by atoms with Crippen LogP contribution in [0.1, 0.15) is 50.4 Å². The van der Waals surface area contributed by atoms with Crippen LogP contribution in [0.5, 0.6) is 5.75 Å². The van der Waals surface area contributed by atoms with Gasteiger partial charge in [0.15, 0.2) is 0 Å². The molecule has 8 heteroatoms. The molecule has 0 saturated carbocycles. The highest BCUT2D eigenvalue weighted by Gasteiger charge is 2.34. The molecule has 4 rings (SSSR count). The van der Waals surface area contributed by atoms with Crippen molar-refractivity contribution in [1.82, 2.24) is 25.2 Å². The zero-order valence-electron chi connectivity index (χ0n) is 22.6. The van der Waals surface area contributed by atoms with Crippen molar-refractivity contribution in [3.05, 3.63) is 89.5 Å². The minimum absolute atomic E-state index is 0.0529. The van der Waals surface area contributed by atoms with E-state index in [1.165, 1.54) is 0 Å². The molecule has 3 aromatic carbocycles. The molecule has 0 spiro atoms. The monoisotopic (exact) mass is 513 g/mol. The molecule has 0 aliphatic carbocycles. The molecule has 0 radical (unpaired) electrons. The molecule has 0 bridgehead atoms. The summed E-state index contributed by atoms with van der Waals surface area (Å²) in [7, 11) is 0. The van der Waals surface area contributed by atoms with Crippen LogP contribution in [0.3, 0.4) is 0 Å². The molecule has 0 unspecified atom stereocenters. The van der Waals surface area contributed by atoms with Crippen molar-refractivity contribution in [1.29, 1.82) is 0 Å². The molecule has 1 aromatic heterocycles. The third-order valence-corrected chi connectivity index (χ3v) is 6.06. The van der Waals surface area contributed by atoms with Crippen molar-refractivity contribution in [2.24, 2.45) is 0 Å². The van der Waals surface area contributed by atoms with Crippen LogP contribution in [-0.2, 0) is 22.7 Å². The molecule has 0 saturated heterocycles. The molecule has 0 aliphatic rings. The summed E-state index contributed by atoms with van der Waals surface area (Å²) in [5, 5.41) is 11.5. The molecule has 0 aliphatic heterocycles. The number of carbonyl (C=O) groups excluding carboxylic acids is 2. The van der Waals surface area contributed by atoms with Gasteiger partial charge in [-0.15, -0.1) is 5.10 Å². The van der Waals surface area contributed by atoms with Gasteiger partial charge in [-0.3, -0.25) is 9.59 Å². The number of aromatic nitrogens is 3. The average Bonchev–Trinajstić information content (AvgIpc) is 3.27. The van der Waals surface area contributed by atoms with Crippen molar-refractivity contribution in [2.45, 2.75) is 59.3 Å². The first kappa shape index (κ1) is 26.9. The highest BCUT2D eigenvalue weighted by atomic mass is 16.5. The zero-order valence-corrected chi connectivity index (χ0v) is 22.6.